The second kappa shape index (κ2) is 8.50. The number of hydrogen-bond donors (Lipinski definition) is 0. The largest absolute Gasteiger partial charge is 0.457 e. The highest BCUT2D eigenvalue weighted by Gasteiger charge is 2.07. The first-order valence-electron chi connectivity index (χ1n) is 9.32. The van der Waals surface area contributed by atoms with Gasteiger partial charge < -0.3 is 9.15 Å². The summed E-state index contributed by atoms with van der Waals surface area (Å²) in [4.78, 5) is 4.49. The lowest BCUT2D eigenvalue weighted by Crippen LogP contribution is -1.83. The Morgan fingerprint density at radius 3 is 2.14 bits per heavy atom. The predicted molar refractivity (Wildman–Crippen MR) is 122 cm³/mol. The highest BCUT2D eigenvalue weighted by atomic mass is 79.9. The van der Waals surface area contributed by atoms with Crippen LogP contribution in [0.25, 0.3) is 11.3 Å². The lowest BCUT2D eigenvalue weighted by molar-refractivity contribution is 0.482. The Kier molecular flexibility index (Phi) is 5.63. The van der Waals surface area contributed by atoms with E-state index in [0.717, 1.165) is 33.0 Å². The smallest absolute Gasteiger partial charge is 0.145 e. The first kappa shape index (κ1) is 19.2. The number of benzene rings is 3. The Morgan fingerprint density at radius 2 is 1.45 bits per heavy atom. The highest BCUT2D eigenvalue weighted by Crippen LogP contribution is 2.30. The first-order chi connectivity index (χ1) is 14.1. The third-order valence-corrected chi connectivity index (χ3v) is 5.11. The van der Waals surface area contributed by atoms with Crippen LogP contribution in [0.3, 0.4) is 0 Å². The van der Waals surface area contributed by atoms with Crippen molar-refractivity contribution in [2.45, 2.75) is 13.8 Å². The van der Waals surface area contributed by atoms with Crippen molar-refractivity contribution in [1.29, 1.82) is 0 Å². The fourth-order valence-corrected chi connectivity index (χ4v) is 3.56. The molecule has 0 atom stereocenters. The minimum atomic E-state index is 0.701. The third-order valence-electron chi connectivity index (χ3n) is 4.45. The minimum absolute atomic E-state index is 0.701. The van der Waals surface area contributed by atoms with E-state index in [-0.39, 0.29) is 0 Å². The van der Waals surface area contributed by atoms with Gasteiger partial charge in [0.15, 0.2) is 0 Å². The molecule has 3 aromatic carbocycles. The minimum Gasteiger partial charge on any atom is -0.457 e. The van der Waals surface area contributed by atoms with Crippen LogP contribution in [0.2, 0.25) is 0 Å². The Labute approximate surface area is 178 Å². The predicted octanol–water partition coefficient (Wildman–Crippen LogP) is 7.87. The number of rotatable bonds is 5. The summed E-state index contributed by atoms with van der Waals surface area (Å²) in [5, 5.41) is 0. The molecule has 0 radical (unpaired) electrons. The summed E-state index contributed by atoms with van der Waals surface area (Å²) in [6.07, 6.45) is 1.72. The van der Waals surface area contributed by atoms with Crippen LogP contribution in [-0.2, 0) is 0 Å². The summed E-state index contributed by atoms with van der Waals surface area (Å²) in [6.45, 7) is 4.12. The van der Waals surface area contributed by atoms with Crippen molar-refractivity contribution in [3.63, 3.8) is 0 Å². The van der Waals surface area contributed by atoms with Gasteiger partial charge >= 0.3 is 0 Å². The molecule has 0 unspecified atom stereocenters. The topological polar surface area (TPSA) is 34.7 Å². The van der Waals surface area contributed by atoms with Crippen LogP contribution < -0.4 is 4.74 Å². The summed E-state index contributed by atoms with van der Waals surface area (Å²) in [5.74, 6) is 3.10. The number of ether oxygens (including phenoxy) is 1. The van der Waals surface area contributed by atoms with Crippen LogP contribution in [0, 0.1) is 13.8 Å². The van der Waals surface area contributed by atoms with E-state index in [1.54, 1.807) is 6.21 Å². The Bertz CT molecular complexity index is 1140. The molecule has 0 bridgehead atoms. The second-order valence-electron chi connectivity index (χ2n) is 6.85. The van der Waals surface area contributed by atoms with Crippen LogP contribution in [0.1, 0.15) is 16.9 Å². The molecule has 1 aromatic heterocycles. The highest BCUT2D eigenvalue weighted by molar-refractivity contribution is 9.10. The van der Waals surface area contributed by atoms with Crippen molar-refractivity contribution in [1.82, 2.24) is 0 Å². The van der Waals surface area contributed by atoms with E-state index in [4.69, 9.17) is 9.15 Å². The normalized spacial score (nSPS) is 11.1. The van der Waals surface area contributed by atoms with Crippen LogP contribution in [-0.4, -0.2) is 6.21 Å². The van der Waals surface area contributed by atoms with Gasteiger partial charge in [-0.3, -0.25) is 4.99 Å². The van der Waals surface area contributed by atoms with E-state index in [0.29, 0.717) is 5.76 Å². The van der Waals surface area contributed by atoms with Gasteiger partial charge in [0.1, 0.15) is 23.0 Å². The molecule has 1 heterocycles. The Morgan fingerprint density at radius 1 is 0.793 bits per heavy atom. The number of aryl methyl sites for hydroxylation is 2. The lowest BCUT2D eigenvalue weighted by Gasteiger charge is -2.05. The number of furan rings is 1. The van der Waals surface area contributed by atoms with Gasteiger partial charge in [-0.25, -0.2) is 0 Å². The van der Waals surface area contributed by atoms with E-state index in [1.165, 1.54) is 11.1 Å². The summed E-state index contributed by atoms with van der Waals surface area (Å²) in [6, 6.07) is 25.7. The molecule has 4 aromatic rings. The van der Waals surface area contributed by atoms with Crippen LogP contribution in [0.4, 0.5) is 5.69 Å². The third kappa shape index (κ3) is 4.84. The SMILES string of the molecule is Cc1ccc(Oc2ccc(N=Cc3ccc(-c4ccc(C)cc4Br)o3)cc2)cc1. The quantitative estimate of drug-likeness (QED) is 0.293. The molecule has 144 valence electrons. The fraction of sp³-hybridized carbons (Fsp3) is 0.0800. The molecule has 0 aliphatic rings. The molecule has 4 heteroatoms. The van der Waals surface area contributed by atoms with Crippen LogP contribution >= 0.6 is 15.9 Å². The molecule has 0 N–H and O–H groups in total. The average molecular weight is 446 g/mol. The number of hydrogen-bond acceptors (Lipinski definition) is 3. The maximum atomic E-state index is 5.92. The molecular formula is C25H20BrNO2. The average Bonchev–Trinajstić information content (AvgIpc) is 3.18. The molecule has 0 aliphatic heterocycles. The number of nitrogens with zero attached hydrogens (tertiary/aromatic N) is 1. The molecule has 0 saturated carbocycles. The van der Waals surface area contributed by atoms with Gasteiger partial charge in [-0.15, -0.1) is 0 Å². The van der Waals surface area contributed by atoms with Crippen molar-refractivity contribution in [3.05, 3.63) is 100 Å². The summed E-state index contributed by atoms with van der Waals surface area (Å²) in [5.41, 5.74) is 4.25. The van der Waals surface area contributed by atoms with E-state index in [2.05, 4.69) is 46.9 Å². The molecule has 0 aliphatic carbocycles. The van der Waals surface area contributed by atoms with Crippen molar-refractivity contribution < 1.29 is 9.15 Å². The van der Waals surface area contributed by atoms with E-state index in [1.807, 2.05) is 66.7 Å². The van der Waals surface area contributed by atoms with E-state index >= 15 is 0 Å². The molecule has 29 heavy (non-hydrogen) atoms. The summed E-state index contributed by atoms with van der Waals surface area (Å²) in [7, 11) is 0. The van der Waals surface area contributed by atoms with Gasteiger partial charge in [0.25, 0.3) is 0 Å². The van der Waals surface area contributed by atoms with Gasteiger partial charge in [-0.1, -0.05) is 39.7 Å². The van der Waals surface area contributed by atoms with Gasteiger partial charge in [0.05, 0.1) is 11.9 Å². The molecule has 0 amide bonds. The van der Waals surface area contributed by atoms with Gasteiger partial charge in [0.2, 0.25) is 0 Å². The van der Waals surface area contributed by atoms with Gasteiger partial charge in [-0.05, 0) is 80.1 Å². The summed E-state index contributed by atoms with van der Waals surface area (Å²) >= 11 is 3.60. The zero-order chi connectivity index (χ0) is 20.2. The van der Waals surface area contributed by atoms with E-state index < -0.39 is 0 Å². The molecule has 3 nitrogen and oxygen atoms in total. The molecule has 0 spiro atoms. The van der Waals surface area contributed by atoms with Crippen molar-refractivity contribution in [2.24, 2.45) is 4.99 Å². The maximum absolute atomic E-state index is 5.92. The zero-order valence-corrected chi connectivity index (χ0v) is 17.8. The standard InChI is InChI=1S/C25H20BrNO2/c1-17-3-8-20(9-4-17)28-21-10-6-19(7-11-21)27-16-22-12-14-25(29-22)23-13-5-18(2)15-24(23)26/h3-16H,1-2H3. The lowest BCUT2D eigenvalue weighted by atomic mass is 10.1. The maximum Gasteiger partial charge on any atom is 0.145 e. The zero-order valence-electron chi connectivity index (χ0n) is 16.2. The number of aliphatic imine (C=N–C) groups is 1. The van der Waals surface area contributed by atoms with Crippen molar-refractivity contribution in [3.8, 4) is 22.8 Å². The summed E-state index contributed by atoms with van der Waals surface area (Å²) < 4.78 is 12.8. The molecule has 4 rings (SSSR count). The molecule has 0 saturated heterocycles. The second-order valence-corrected chi connectivity index (χ2v) is 7.71. The van der Waals surface area contributed by atoms with Gasteiger partial charge in [0, 0.05) is 10.0 Å². The fourth-order valence-electron chi connectivity index (χ4n) is 2.87. The monoisotopic (exact) mass is 445 g/mol. The number of halogens is 1. The first-order valence-corrected chi connectivity index (χ1v) is 10.1. The van der Waals surface area contributed by atoms with E-state index in [9.17, 15) is 0 Å². The Hall–Kier alpha value is -3.11. The van der Waals surface area contributed by atoms with Crippen molar-refractivity contribution >= 4 is 27.8 Å². The Balaban J connectivity index is 1.44. The molecule has 0 fully saturated rings. The van der Waals surface area contributed by atoms with Crippen LogP contribution in [0.5, 0.6) is 11.5 Å². The molecular weight excluding hydrogens is 426 g/mol. The van der Waals surface area contributed by atoms with Crippen LogP contribution in [0.15, 0.2) is 92.7 Å². The van der Waals surface area contributed by atoms with Crippen molar-refractivity contribution in [2.75, 3.05) is 0 Å². The van der Waals surface area contributed by atoms with Gasteiger partial charge in [-0.2, -0.15) is 0 Å².